The number of hydrogen-bond donors (Lipinski definition) is 0. The summed E-state index contributed by atoms with van der Waals surface area (Å²) >= 11 is 1.89. The highest BCUT2D eigenvalue weighted by atomic mass is 33.1. The van der Waals surface area contributed by atoms with E-state index in [1.807, 2.05) is 33.3 Å². The van der Waals surface area contributed by atoms with Crippen LogP contribution in [0, 0.1) is 0 Å². The van der Waals surface area contributed by atoms with Crippen molar-refractivity contribution >= 4 is 33.3 Å². The Kier molecular flexibility index (Phi) is 4.48. The molecule has 0 spiro atoms. The zero-order valence-corrected chi connectivity index (χ0v) is 8.17. The molecular weight excluding hydrogens is 156 g/mol. The van der Waals surface area contributed by atoms with Crippen molar-refractivity contribution in [1.82, 2.24) is 0 Å². The first-order chi connectivity index (χ1) is 3.62. The molecule has 50 valence electrons. The van der Waals surface area contributed by atoms with E-state index in [1.54, 1.807) is 0 Å². The van der Waals surface area contributed by atoms with E-state index in [9.17, 15) is 0 Å². The molecule has 0 nitrogen and oxygen atoms in total. The lowest BCUT2D eigenvalue weighted by atomic mass is 10.5. The molecule has 0 bridgehead atoms. The Hall–Kier alpha value is 1.05. The standard InChI is InChI=1S/C5H12S3/c1-5(2,6-3)8-7-4/h1-4H3. The highest BCUT2D eigenvalue weighted by Gasteiger charge is 2.14. The largest absolute Gasteiger partial charge is 0.147 e. The van der Waals surface area contributed by atoms with Crippen LogP contribution in [0.5, 0.6) is 0 Å². The first-order valence-corrected chi connectivity index (χ1v) is 6.17. The molecule has 0 heterocycles. The molecule has 0 aromatic rings. The molecule has 0 saturated heterocycles. The molecule has 0 rings (SSSR count). The van der Waals surface area contributed by atoms with Gasteiger partial charge in [-0.05, 0) is 26.4 Å². The summed E-state index contributed by atoms with van der Waals surface area (Å²) in [7, 11) is 3.74. The van der Waals surface area contributed by atoms with Crippen molar-refractivity contribution in [3.8, 4) is 0 Å². The third-order valence-corrected chi connectivity index (χ3v) is 5.14. The monoisotopic (exact) mass is 168 g/mol. The van der Waals surface area contributed by atoms with Crippen LogP contribution in [-0.2, 0) is 0 Å². The lowest BCUT2D eigenvalue weighted by Crippen LogP contribution is -2.04. The second-order valence-electron chi connectivity index (χ2n) is 1.85. The zero-order valence-electron chi connectivity index (χ0n) is 5.72. The minimum atomic E-state index is 0.388. The van der Waals surface area contributed by atoms with Gasteiger partial charge in [-0.1, -0.05) is 21.6 Å². The first kappa shape index (κ1) is 9.05. The van der Waals surface area contributed by atoms with Crippen molar-refractivity contribution in [1.29, 1.82) is 0 Å². The van der Waals surface area contributed by atoms with Crippen LogP contribution in [0.2, 0.25) is 0 Å². The summed E-state index contributed by atoms with van der Waals surface area (Å²) in [6, 6.07) is 0. The van der Waals surface area contributed by atoms with E-state index < -0.39 is 0 Å². The van der Waals surface area contributed by atoms with Gasteiger partial charge in [-0.15, -0.1) is 11.8 Å². The van der Waals surface area contributed by atoms with E-state index in [2.05, 4.69) is 26.4 Å². The Morgan fingerprint density at radius 1 is 1.12 bits per heavy atom. The minimum Gasteiger partial charge on any atom is -0.147 e. The molecular formula is C5H12S3. The second-order valence-corrected chi connectivity index (χ2v) is 6.56. The molecule has 0 atom stereocenters. The van der Waals surface area contributed by atoms with E-state index in [0.29, 0.717) is 4.08 Å². The predicted molar refractivity (Wildman–Crippen MR) is 48.7 cm³/mol. The van der Waals surface area contributed by atoms with Crippen molar-refractivity contribution in [2.24, 2.45) is 0 Å². The van der Waals surface area contributed by atoms with Crippen molar-refractivity contribution in [3.05, 3.63) is 0 Å². The van der Waals surface area contributed by atoms with Gasteiger partial charge in [0.05, 0.1) is 4.08 Å². The Labute approximate surface area is 64.0 Å². The van der Waals surface area contributed by atoms with Gasteiger partial charge in [0.2, 0.25) is 0 Å². The fourth-order valence-electron chi connectivity index (χ4n) is 0.235. The smallest absolute Gasteiger partial charge is 0.0655 e. The van der Waals surface area contributed by atoms with Gasteiger partial charge in [0.1, 0.15) is 0 Å². The van der Waals surface area contributed by atoms with E-state index in [4.69, 9.17) is 0 Å². The molecule has 0 aliphatic heterocycles. The van der Waals surface area contributed by atoms with Gasteiger partial charge in [0.15, 0.2) is 0 Å². The normalized spacial score (nSPS) is 12.0. The van der Waals surface area contributed by atoms with Crippen LogP contribution in [0.15, 0.2) is 0 Å². The summed E-state index contributed by atoms with van der Waals surface area (Å²) in [5.74, 6) is 0. The number of thioether (sulfide) groups is 1. The van der Waals surface area contributed by atoms with Crippen LogP contribution < -0.4 is 0 Å². The summed E-state index contributed by atoms with van der Waals surface area (Å²) in [6.07, 6.45) is 4.26. The molecule has 0 fully saturated rings. The highest BCUT2D eigenvalue weighted by molar-refractivity contribution is 8.78. The summed E-state index contributed by atoms with van der Waals surface area (Å²) < 4.78 is 0.388. The van der Waals surface area contributed by atoms with Crippen LogP contribution in [-0.4, -0.2) is 16.6 Å². The molecule has 0 aliphatic carbocycles. The lowest BCUT2D eigenvalue weighted by Gasteiger charge is -2.18. The van der Waals surface area contributed by atoms with Gasteiger partial charge in [0.25, 0.3) is 0 Å². The van der Waals surface area contributed by atoms with Gasteiger partial charge < -0.3 is 0 Å². The van der Waals surface area contributed by atoms with E-state index in [1.165, 1.54) is 0 Å². The Morgan fingerprint density at radius 2 is 1.62 bits per heavy atom. The van der Waals surface area contributed by atoms with Crippen LogP contribution in [0.1, 0.15) is 13.8 Å². The van der Waals surface area contributed by atoms with Gasteiger partial charge in [-0.3, -0.25) is 0 Å². The average molecular weight is 168 g/mol. The van der Waals surface area contributed by atoms with E-state index >= 15 is 0 Å². The van der Waals surface area contributed by atoms with Crippen molar-refractivity contribution in [2.45, 2.75) is 17.9 Å². The zero-order chi connectivity index (χ0) is 6.62. The van der Waals surface area contributed by atoms with Gasteiger partial charge >= 0.3 is 0 Å². The maximum atomic E-state index is 2.23. The molecule has 0 saturated carbocycles. The molecule has 0 radical (unpaired) electrons. The first-order valence-electron chi connectivity index (χ1n) is 2.39. The van der Waals surface area contributed by atoms with Crippen molar-refractivity contribution < 1.29 is 0 Å². The quantitative estimate of drug-likeness (QED) is 0.469. The number of hydrogen-bond acceptors (Lipinski definition) is 3. The molecule has 3 heteroatoms. The predicted octanol–water partition coefficient (Wildman–Crippen LogP) is 3.10. The maximum Gasteiger partial charge on any atom is 0.0655 e. The topological polar surface area (TPSA) is 0 Å². The maximum absolute atomic E-state index is 2.23. The molecule has 0 aliphatic rings. The summed E-state index contributed by atoms with van der Waals surface area (Å²) in [5.41, 5.74) is 0. The second kappa shape index (κ2) is 3.96. The Morgan fingerprint density at radius 3 is 1.75 bits per heavy atom. The summed E-state index contributed by atoms with van der Waals surface area (Å²) in [4.78, 5) is 0. The average Bonchev–Trinajstić information content (AvgIpc) is 1.67. The minimum absolute atomic E-state index is 0.388. The van der Waals surface area contributed by atoms with Crippen LogP contribution in [0.3, 0.4) is 0 Å². The lowest BCUT2D eigenvalue weighted by molar-refractivity contribution is 1.04. The van der Waals surface area contributed by atoms with E-state index in [-0.39, 0.29) is 0 Å². The molecule has 0 aromatic carbocycles. The fourth-order valence-corrected chi connectivity index (χ4v) is 3.34. The molecule has 0 amide bonds. The molecule has 0 unspecified atom stereocenters. The van der Waals surface area contributed by atoms with Crippen LogP contribution >= 0.6 is 33.3 Å². The van der Waals surface area contributed by atoms with Crippen molar-refractivity contribution in [2.75, 3.05) is 12.5 Å². The van der Waals surface area contributed by atoms with Gasteiger partial charge in [-0.25, -0.2) is 0 Å². The van der Waals surface area contributed by atoms with Crippen LogP contribution in [0.4, 0.5) is 0 Å². The third-order valence-electron chi connectivity index (χ3n) is 0.776. The van der Waals surface area contributed by atoms with E-state index in [0.717, 1.165) is 0 Å². The fraction of sp³-hybridized carbons (Fsp3) is 1.00. The molecule has 0 N–H and O–H groups in total. The molecule has 0 aromatic heterocycles. The summed E-state index contributed by atoms with van der Waals surface area (Å²) in [5, 5.41) is 0. The van der Waals surface area contributed by atoms with Crippen molar-refractivity contribution in [3.63, 3.8) is 0 Å². The Balaban J connectivity index is 3.37. The van der Waals surface area contributed by atoms with Crippen LogP contribution in [0.25, 0.3) is 0 Å². The number of rotatable bonds is 3. The highest BCUT2D eigenvalue weighted by Crippen LogP contribution is 2.40. The van der Waals surface area contributed by atoms with Gasteiger partial charge in [0, 0.05) is 0 Å². The molecule has 8 heavy (non-hydrogen) atoms. The Bertz CT molecular complexity index is 60.7. The third kappa shape index (κ3) is 3.98. The SMILES string of the molecule is CSSC(C)(C)SC. The van der Waals surface area contributed by atoms with Gasteiger partial charge in [-0.2, -0.15) is 0 Å². The summed E-state index contributed by atoms with van der Waals surface area (Å²) in [6.45, 7) is 4.47.